The van der Waals surface area contributed by atoms with Crippen LogP contribution in [0.4, 0.5) is 0 Å². The standard InChI is InChI=1S/C12H15N3O2S/c13-12(10-4-2-1-3-5-10)9-15-18(16,17)11-6-7-14-8-11/h1-8,12,14-15H,9,13H2. The van der Waals surface area contributed by atoms with Gasteiger partial charge in [0.1, 0.15) is 0 Å². The predicted octanol–water partition coefficient (Wildman–Crippen LogP) is 0.993. The number of sulfonamides is 1. The summed E-state index contributed by atoms with van der Waals surface area (Å²) in [5.74, 6) is 0. The van der Waals surface area contributed by atoms with Crippen LogP contribution in [-0.4, -0.2) is 19.9 Å². The van der Waals surface area contributed by atoms with Crippen LogP contribution >= 0.6 is 0 Å². The molecule has 4 N–H and O–H groups in total. The third-order valence-corrected chi connectivity index (χ3v) is 4.02. The van der Waals surface area contributed by atoms with Crippen LogP contribution in [0, 0.1) is 0 Å². The van der Waals surface area contributed by atoms with Gasteiger partial charge in [-0.2, -0.15) is 0 Å². The Morgan fingerprint density at radius 1 is 1.22 bits per heavy atom. The maximum Gasteiger partial charge on any atom is 0.242 e. The van der Waals surface area contributed by atoms with E-state index in [2.05, 4.69) is 9.71 Å². The number of benzene rings is 1. The Bertz CT molecular complexity index is 579. The van der Waals surface area contributed by atoms with E-state index < -0.39 is 10.0 Å². The molecule has 0 aliphatic heterocycles. The summed E-state index contributed by atoms with van der Waals surface area (Å²) in [5, 5.41) is 0. The van der Waals surface area contributed by atoms with E-state index in [1.165, 1.54) is 12.3 Å². The van der Waals surface area contributed by atoms with Crippen LogP contribution in [0.15, 0.2) is 53.7 Å². The lowest BCUT2D eigenvalue weighted by Gasteiger charge is -2.12. The van der Waals surface area contributed by atoms with Crippen LogP contribution in [-0.2, 0) is 10.0 Å². The minimum Gasteiger partial charge on any atom is -0.366 e. The summed E-state index contributed by atoms with van der Waals surface area (Å²) in [4.78, 5) is 2.92. The van der Waals surface area contributed by atoms with E-state index >= 15 is 0 Å². The average molecular weight is 265 g/mol. The number of nitrogens with two attached hydrogens (primary N) is 1. The van der Waals surface area contributed by atoms with Gasteiger partial charge in [0.25, 0.3) is 0 Å². The maximum atomic E-state index is 11.8. The molecular formula is C12H15N3O2S. The van der Waals surface area contributed by atoms with Gasteiger partial charge in [0.05, 0.1) is 4.90 Å². The molecule has 0 aliphatic carbocycles. The van der Waals surface area contributed by atoms with Crippen molar-refractivity contribution in [2.75, 3.05) is 6.54 Å². The normalized spacial score (nSPS) is 13.4. The summed E-state index contributed by atoms with van der Waals surface area (Å²) in [6.07, 6.45) is 2.99. The molecule has 1 aromatic carbocycles. The van der Waals surface area contributed by atoms with Gasteiger partial charge in [0.2, 0.25) is 10.0 Å². The fraction of sp³-hybridized carbons (Fsp3) is 0.167. The van der Waals surface area contributed by atoms with Crippen molar-refractivity contribution in [1.82, 2.24) is 9.71 Å². The molecule has 0 aliphatic rings. The average Bonchev–Trinajstić information content (AvgIpc) is 2.92. The highest BCUT2D eigenvalue weighted by Gasteiger charge is 2.15. The second kappa shape index (κ2) is 5.34. The fourth-order valence-electron chi connectivity index (χ4n) is 1.58. The number of H-pyrrole nitrogens is 1. The number of aromatic amines is 1. The van der Waals surface area contributed by atoms with Crippen LogP contribution in [0.25, 0.3) is 0 Å². The van der Waals surface area contributed by atoms with Gasteiger partial charge in [-0.1, -0.05) is 30.3 Å². The van der Waals surface area contributed by atoms with E-state index in [4.69, 9.17) is 5.73 Å². The first-order valence-electron chi connectivity index (χ1n) is 5.52. The minimum absolute atomic E-state index is 0.164. The molecule has 1 heterocycles. The lowest BCUT2D eigenvalue weighted by Crippen LogP contribution is -2.31. The van der Waals surface area contributed by atoms with Crippen LogP contribution in [0.5, 0.6) is 0 Å². The molecule has 2 rings (SSSR count). The summed E-state index contributed by atoms with van der Waals surface area (Å²) in [6.45, 7) is 0.164. The fourth-order valence-corrected chi connectivity index (χ4v) is 2.61. The molecule has 0 bridgehead atoms. The third kappa shape index (κ3) is 2.98. The molecule has 5 nitrogen and oxygen atoms in total. The molecule has 1 unspecified atom stereocenters. The van der Waals surface area contributed by atoms with Crippen molar-refractivity contribution in [3.05, 3.63) is 54.4 Å². The Balaban J connectivity index is 2.00. The Labute approximate surface area is 106 Å². The third-order valence-electron chi connectivity index (χ3n) is 2.60. The molecule has 18 heavy (non-hydrogen) atoms. The molecule has 1 atom stereocenters. The van der Waals surface area contributed by atoms with Gasteiger partial charge in [-0.05, 0) is 11.6 Å². The summed E-state index contributed by atoms with van der Waals surface area (Å²) >= 11 is 0. The Kier molecular flexibility index (Phi) is 3.81. The van der Waals surface area contributed by atoms with Crippen LogP contribution in [0.1, 0.15) is 11.6 Å². The van der Waals surface area contributed by atoms with Gasteiger partial charge in [0, 0.05) is 25.0 Å². The van der Waals surface area contributed by atoms with Crippen LogP contribution < -0.4 is 10.5 Å². The Morgan fingerprint density at radius 3 is 2.56 bits per heavy atom. The zero-order chi connectivity index (χ0) is 13.0. The van der Waals surface area contributed by atoms with Crippen molar-refractivity contribution >= 4 is 10.0 Å². The highest BCUT2D eigenvalue weighted by molar-refractivity contribution is 7.89. The zero-order valence-corrected chi connectivity index (χ0v) is 10.5. The van der Waals surface area contributed by atoms with Gasteiger partial charge in [-0.15, -0.1) is 0 Å². The molecule has 6 heteroatoms. The van der Waals surface area contributed by atoms with E-state index in [0.717, 1.165) is 5.56 Å². The smallest absolute Gasteiger partial charge is 0.242 e. The molecule has 0 spiro atoms. The quantitative estimate of drug-likeness (QED) is 0.753. The summed E-state index contributed by atoms with van der Waals surface area (Å²) in [7, 11) is -3.48. The summed E-state index contributed by atoms with van der Waals surface area (Å²) < 4.78 is 26.2. The molecule has 1 aromatic heterocycles. The van der Waals surface area contributed by atoms with Crippen molar-refractivity contribution in [1.29, 1.82) is 0 Å². The number of hydrogen-bond acceptors (Lipinski definition) is 3. The molecule has 0 saturated carbocycles. The molecule has 0 radical (unpaired) electrons. The molecule has 2 aromatic rings. The highest BCUT2D eigenvalue weighted by atomic mass is 32.2. The van der Waals surface area contributed by atoms with Crippen molar-refractivity contribution in [3.63, 3.8) is 0 Å². The number of aromatic nitrogens is 1. The van der Waals surface area contributed by atoms with E-state index in [1.807, 2.05) is 30.3 Å². The van der Waals surface area contributed by atoms with E-state index in [0.29, 0.717) is 0 Å². The van der Waals surface area contributed by atoms with Gasteiger partial charge in [0.15, 0.2) is 0 Å². The minimum atomic E-state index is -3.48. The Morgan fingerprint density at radius 2 is 1.94 bits per heavy atom. The SMILES string of the molecule is NC(CNS(=O)(=O)c1cc[nH]c1)c1ccccc1. The number of rotatable bonds is 5. The number of nitrogens with one attached hydrogen (secondary N) is 2. The second-order valence-electron chi connectivity index (χ2n) is 3.92. The molecule has 0 saturated heterocycles. The second-order valence-corrected chi connectivity index (χ2v) is 5.68. The topological polar surface area (TPSA) is 88.0 Å². The van der Waals surface area contributed by atoms with Crippen molar-refractivity contribution in [2.24, 2.45) is 5.73 Å². The summed E-state index contributed by atoms with van der Waals surface area (Å²) in [5.41, 5.74) is 6.82. The molecule has 96 valence electrons. The zero-order valence-electron chi connectivity index (χ0n) is 9.71. The first-order valence-corrected chi connectivity index (χ1v) is 7.01. The van der Waals surface area contributed by atoms with Crippen molar-refractivity contribution in [3.8, 4) is 0 Å². The first-order chi connectivity index (χ1) is 8.59. The van der Waals surface area contributed by atoms with Gasteiger partial charge in [-0.3, -0.25) is 0 Å². The predicted molar refractivity (Wildman–Crippen MR) is 69.4 cm³/mol. The molecular weight excluding hydrogens is 250 g/mol. The largest absolute Gasteiger partial charge is 0.366 e. The molecule has 0 amide bonds. The highest BCUT2D eigenvalue weighted by Crippen LogP contribution is 2.10. The lowest BCUT2D eigenvalue weighted by atomic mass is 10.1. The van der Waals surface area contributed by atoms with Crippen LogP contribution in [0.3, 0.4) is 0 Å². The maximum absolute atomic E-state index is 11.8. The van der Waals surface area contributed by atoms with Crippen molar-refractivity contribution < 1.29 is 8.42 Å². The van der Waals surface area contributed by atoms with E-state index in [1.54, 1.807) is 6.20 Å². The van der Waals surface area contributed by atoms with E-state index in [9.17, 15) is 8.42 Å². The summed E-state index contributed by atoms with van der Waals surface area (Å²) in [6, 6.07) is 10.5. The van der Waals surface area contributed by atoms with Gasteiger partial charge < -0.3 is 10.7 Å². The molecule has 0 fully saturated rings. The Hall–Kier alpha value is -1.63. The first kappa shape index (κ1) is 12.8. The van der Waals surface area contributed by atoms with Crippen molar-refractivity contribution in [2.45, 2.75) is 10.9 Å². The number of hydrogen-bond donors (Lipinski definition) is 3. The lowest BCUT2D eigenvalue weighted by molar-refractivity contribution is 0.572. The van der Waals surface area contributed by atoms with Gasteiger partial charge in [-0.25, -0.2) is 13.1 Å². The van der Waals surface area contributed by atoms with E-state index in [-0.39, 0.29) is 17.5 Å². The monoisotopic (exact) mass is 265 g/mol. The van der Waals surface area contributed by atoms with Crippen LogP contribution in [0.2, 0.25) is 0 Å². The van der Waals surface area contributed by atoms with Gasteiger partial charge >= 0.3 is 0 Å².